The zero-order chi connectivity index (χ0) is 13.6. The summed E-state index contributed by atoms with van der Waals surface area (Å²) in [6.07, 6.45) is 0. The summed E-state index contributed by atoms with van der Waals surface area (Å²) in [6.45, 7) is 0. The molecule has 0 fully saturated rings. The summed E-state index contributed by atoms with van der Waals surface area (Å²) in [6, 6.07) is 6.19. The van der Waals surface area contributed by atoms with Crippen molar-refractivity contribution in [2.45, 2.75) is 0 Å². The number of nitrogens with zero attached hydrogens (tertiary/aromatic N) is 1. The smallest absolute Gasteiger partial charge is 0.144 e. The van der Waals surface area contributed by atoms with Crippen LogP contribution in [0.15, 0.2) is 30.3 Å². The molecule has 1 heterocycles. The molecular formula is C13H6ClF3N2. The molecule has 3 rings (SSSR count). The quantitative estimate of drug-likeness (QED) is 0.708. The fourth-order valence-electron chi connectivity index (χ4n) is 1.88. The van der Waals surface area contributed by atoms with Crippen LogP contribution >= 0.6 is 11.6 Å². The molecule has 0 amide bonds. The van der Waals surface area contributed by atoms with Gasteiger partial charge in [-0.25, -0.2) is 18.2 Å². The zero-order valence-electron chi connectivity index (χ0n) is 9.35. The number of aromatic amines is 1. The Morgan fingerprint density at radius 3 is 2.37 bits per heavy atom. The molecule has 2 aromatic carbocycles. The minimum Gasteiger partial charge on any atom is -0.338 e. The van der Waals surface area contributed by atoms with Crippen LogP contribution in [0.1, 0.15) is 0 Å². The van der Waals surface area contributed by atoms with Crippen LogP contribution in [0.4, 0.5) is 13.2 Å². The molecule has 0 saturated heterocycles. The monoisotopic (exact) mass is 282 g/mol. The number of nitrogens with one attached hydrogen (secondary N) is 1. The van der Waals surface area contributed by atoms with Crippen LogP contribution in [-0.4, -0.2) is 9.97 Å². The van der Waals surface area contributed by atoms with Gasteiger partial charge in [-0.3, -0.25) is 0 Å². The Labute approximate surface area is 110 Å². The van der Waals surface area contributed by atoms with E-state index in [4.69, 9.17) is 11.6 Å². The average Bonchev–Trinajstić information content (AvgIpc) is 2.72. The molecule has 2 nitrogen and oxygen atoms in total. The maximum absolute atomic E-state index is 13.7. The Balaban J connectivity index is 2.28. The van der Waals surface area contributed by atoms with Gasteiger partial charge in [0, 0.05) is 12.1 Å². The maximum atomic E-state index is 13.7. The Morgan fingerprint density at radius 2 is 1.74 bits per heavy atom. The second-order valence-corrected chi connectivity index (χ2v) is 4.37. The number of benzene rings is 2. The van der Waals surface area contributed by atoms with Crippen LogP contribution < -0.4 is 0 Å². The first-order chi connectivity index (χ1) is 9.06. The third-order valence-corrected chi connectivity index (χ3v) is 3.01. The summed E-state index contributed by atoms with van der Waals surface area (Å²) in [7, 11) is 0. The molecule has 0 atom stereocenters. The lowest BCUT2D eigenvalue weighted by atomic mass is 10.2. The first kappa shape index (κ1) is 12.0. The Morgan fingerprint density at radius 1 is 1.05 bits per heavy atom. The van der Waals surface area contributed by atoms with E-state index in [0.29, 0.717) is 28.2 Å². The maximum Gasteiger partial charge on any atom is 0.144 e. The lowest BCUT2D eigenvalue weighted by Gasteiger charge is -2.01. The molecule has 0 spiro atoms. The fourth-order valence-corrected chi connectivity index (χ4v) is 2.10. The third-order valence-electron chi connectivity index (χ3n) is 2.71. The van der Waals surface area contributed by atoms with E-state index in [9.17, 15) is 13.2 Å². The molecule has 3 aromatic rings. The van der Waals surface area contributed by atoms with Crippen molar-refractivity contribution in [1.82, 2.24) is 9.97 Å². The first-order valence-corrected chi connectivity index (χ1v) is 5.73. The predicted molar refractivity (Wildman–Crippen MR) is 66.4 cm³/mol. The van der Waals surface area contributed by atoms with Crippen LogP contribution in [0.2, 0.25) is 5.02 Å². The van der Waals surface area contributed by atoms with E-state index in [1.54, 1.807) is 18.2 Å². The van der Waals surface area contributed by atoms with E-state index >= 15 is 0 Å². The predicted octanol–water partition coefficient (Wildman–Crippen LogP) is 4.30. The molecular weight excluding hydrogens is 277 g/mol. The van der Waals surface area contributed by atoms with Crippen molar-refractivity contribution in [3.8, 4) is 11.4 Å². The number of hydrogen-bond donors (Lipinski definition) is 1. The van der Waals surface area contributed by atoms with Crippen LogP contribution in [0.3, 0.4) is 0 Å². The molecule has 96 valence electrons. The molecule has 19 heavy (non-hydrogen) atoms. The number of para-hydroxylation sites is 1. The molecule has 0 saturated carbocycles. The van der Waals surface area contributed by atoms with E-state index in [1.165, 1.54) is 0 Å². The van der Waals surface area contributed by atoms with E-state index in [1.807, 2.05) is 0 Å². The van der Waals surface area contributed by atoms with Gasteiger partial charge in [-0.05, 0) is 12.1 Å². The number of rotatable bonds is 1. The van der Waals surface area contributed by atoms with Gasteiger partial charge in [0.25, 0.3) is 0 Å². The molecule has 1 N–H and O–H groups in total. The summed E-state index contributed by atoms with van der Waals surface area (Å²) in [5.74, 6) is -3.05. The lowest BCUT2D eigenvalue weighted by Crippen LogP contribution is -1.93. The van der Waals surface area contributed by atoms with Gasteiger partial charge < -0.3 is 4.98 Å². The van der Waals surface area contributed by atoms with Gasteiger partial charge in [-0.2, -0.15) is 0 Å². The Hall–Kier alpha value is -2.01. The molecule has 0 aliphatic rings. The molecule has 0 aliphatic carbocycles. The average molecular weight is 283 g/mol. The molecule has 0 radical (unpaired) electrons. The summed E-state index contributed by atoms with van der Waals surface area (Å²) in [4.78, 5) is 6.80. The van der Waals surface area contributed by atoms with Crippen molar-refractivity contribution in [1.29, 1.82) is 0 Å². The normalized spacial score (nSPS) is 11.2. The highest BCUT2D eigenvalue weighted by atomic mass is 35.5. The van der Waals surface area contributed by atoms with Gasteiger partial charge in [0.15, 0.2) is 0 Å². The molecule has 0 aliphatic heterocycles. The number of halogens is 4. The van der Waals surface area contributed by atoms with Crippen LogP contribution in [0.25, 0.3) is 22.4 Å². The Bertz CT molecular complexity index is 760. The zero-order valence-corrected chi connectivity index (χ0v) is 10.1. The number of H-pyrrole nitrogens is 1. The fraction of sp³-hybridized carbons (Fsp3) is 0. The second-order valence-electron chi connectivity index (χ2n) is 3.97. The van der Waals surface area contributed by atoms with E-state index in [-0.39, 0.29) is 5.82 Å². The van der Waals surface area contributed by atoms with Gasteiger partial charge in [-0.1, -0.05) is 17.7 Å². The largest absolute Gasteiger partial charge is 0.338 e. The Kier molecular flexibility index (Phi) is 2.71. The third kappa shape index (κ3) is 1.96. The first-order valence-electron chi connectivity index (χ1n) is 5.35. The van der Waals surface area contributed by atoms with E-state index < -0.39 is 23.0 Å². The van der Waals surface area contributed by atoms with E-state index in [0.717, 1.165) is 0 Å². The highest BCUT2D eigenvalue weighted by molar-refractivity contribution is 6.34. The van der Waals surface area contributed by atoms with Gasteiger partial charge >= 0.3 is 0 Å². The van der Waals surface area contributed by atoms with Gasteiger partial charge in [0.2, 0.25) is 0 Å². The van der Waals surface area contributed by atoms with Gasteiger partial charge in [0.1, 0.15) is 28.8 Å². The van der Waals surface area contributed by atoms with Gasteiger partial charge in [0.05, 0.1) is 16.1 Å². The standard InChI is InChI=1S/C13H6ClF3N2/c14-7-2-1-3-10-12(7)19-13(18-10)11-8(16)4-6(15)5-9(11)17/h1-5H,(H,18,19). The summed E-state index contributed by atoms with van der Waals surface area (Å²) in [5, 5.41) is 0.364. The van der Waals surface area contributed by atoms with Crippen molar-refractivity contribution in [2.75, 3.05) is 0 Å². The van der Waals surface area contributed by atoms with E-state index in [2.05, 4.69) is 9.97 Å². The van der Waals surface area contributed by atoms with Crippen LogP contribution in [0.5, 0.6) is 0 Å². The summed E-state index contributed by atoms with van der Waals surface area (Å²) >= 11 is 5.93. The topological polar surface area (TPSA) is 28.7 Å². The van der Waals surface area contributed by atoms with Crippen molar-refractivity contribution < 1.29 is 13.2 Å². The SMILES string of the molecule is Fc1cc(F)c(-c2nc3c(Cl)cccc3[nH]2)c(F)c1. The minimum absolute atomic E-state index is 0.0295. The summed E-state index contributed by atoms with van der Waals surface area (Å²) < 4.78 is 40.2. The number of imidazole rings is 1. The van der Waals surface area contributed by atoms with Crippen molar-refractivity contribution >= 4 is 22.6 Å². The number of fused-ring (bicyclic) bond motifs is 1. The van der Waals surface area contributed by atoms with Gasteiger partial charge in [-0.15, -0.1) is 0 Å². The van der Waals surface area contributed by atoms with Crippen molar-refractivity contribution in [3.63, 3.8) is 0 Å². The molecule has 0 unspecified atom stereocenters. The van der Waals surface area contributed by atoms with Crippen molar-refractivity contribution in [3.05, 3.63) is 52.8 Å². The highest BCUT2D eigenvalue weighted by Gasteiger charge is 2.17. The second kappa shape index (κ2) is 4.28. The van der Waals surface area contributed by atoms with Crippen molar-refractivity contribution in [2.24, 2.45) is 0 Å². The number of aromatic nitrogens is 2. The van der Waals surface area contributed by atoms with Crippen LogP contribution in [-0.2, 0) is 0 Å². The van der Waals surface area contributed by atoms with Crippen LogP contribution in [0, 0.1) is 17.5 Å². The lowest BCUT2D eigenvalue weighted by molar-refractivity contribution is 0.547. The molecule has 6 heteroatoms. The summed E-state index contributed by atoms with van der Waals surface area (Å²) in [5.41, 5.74) is 0.543. The molecule has 1 aromatic heterocycles. The molecule has 0 bridgehead atoms. The number of hydrogen-bond acceptors (Lipinski definition) is 1. The minimum atomic E-state index is -1.02. The highest BCUT2D eigenvalue weighted by Crippen LogP contribution is 2.29.